The zero-order chi connectivity index (χ0) is 19.1. The first-order chi connectivity index (χ1) is 13.1. The molecule has 0 spiro atoms. The predicted molar refractivity (Wildman–Crippen MR) is 109 cm³/mol. The number of benzene rings is 2. The average Bonchev–Trinajstić information content (AvgIpc) is 3.03. The molecule has 2 N–H and O–H groups in total. The number of aliphatic imine (C=N–C) groups is 1. The number of nitrogens with one attached hydrogen (secondary N) is 2. The number of rotatable bonds is 6. The SMILES string of the molecule is CN=C(NCCOc1ccccc1-c1ccccc1)NC1CCS(=O)(=O)C1. The van der Waals surface area contributed by atoms with Gasteiger partial charge in [-0.15, -0.1) is 0 Å². The lowest BCUT2D eigenvalue weighted by Gasteiger charge is -2.17. The third-order valence-corrected chi connectivity index (χ3v) is 6.19. The van der Waals surface area contributed by atoms with Crippen LogP contribution in [-0.2, 0) is 9.84 Å². The lowest BCUT2D eigenvalue weighted by Crippen LogP contribution is -2.45. The zero-order valence-corrected chi connectivity index (χ0v) is 16.2. The van der Waals surface area contributed by atoms with Crippen molar-refractivity contribution >= 4 is 15.8 Å². The molecule has 0 amide bonds. The second-order valence-corrected chi connectivity index (χ2v) is 8.68. The largest absolute Gasteiger partial charge is 0.491 e. The molecule has 2 aromatic rings. The monoisotopic (exact) mass is 387 g/mol. The van der Waals surface area contributed by atoms with Crippen LogP contribution in [0, 0.1) is 0 Å². The maximum absolute atomic E-state index is 11.6. The summed E-state index contributed by atoms with van der Waals surface area (Å²) in [5, 5.41) is 6.33. The van der Waals surface area contributed by atoms with Gasteiger partial charge in [-0.05, 0) is 18.1 Å². The number of hydrogen-bond acceptors (Lipinski definition) is 4. The summed E-state index contributed by atoms with van der Waals surface area (Å²) in [6.45, 7) is 1.02. The fraction of sp³-hybridized carbons (Fsp3) is 0.350. The molecule has 0 aromatic heterocycles. The van der Waals surface area contributed by atoms with Crippen LogP contribution < -0.4 is 15.4 Å². The van der Waals surface area contributed by atoms with Crippen LogP contribution in [0.5, 0.6) is 5.75 Å². The van der Waals surface area contributed by atoms with E-state index in [-0.39, 0.29) is 17.5 Å². The van der Waals surface area contributed by atoms with Crippen LogP contribution in [0.1, 0.15) is 6.42 Å². The highest BCUT2D eigenvalue weighted by atomic mass is 32.2. The second-order valence-electron chi connectivity index (χ2n) is 6.45. The fourth-order valence-electron chi connectivity index (χ4n) is 3.08. The standard InChI is InChI=1S/C20H25N3O3S/c1-21-20(23-17-11-14-27(24,25)15-17)22-12-13-26-19-10-6-5-9-18(19)16-7-3-2-4-8-16/h2-10,17H,11-15H2,1H3,(H2,21,22,23). The van der Waals surface area contributed by atoms with Crippen molar-refractivity contribution in [2.45, 2.75) is 12.5 Å². The van der Waals surface area contributed by atoms with Crippen molar-refractivity contribution in [3.05, 3.63) is 54.6 Å². The molecule has 0 radical (unpaired) electrons. The molecule has 1 fully saturated rings. The molecule has 7 heteroatoms. The Hall–Kier alpha value is -2.54. The Kier molecular flexibility index (Phi) is 6.34. The quantitative estimate of drug-likeness (QED) is 0.451. The number of ether oxygens (including phenoxy) is 1. The highest BCUT2D eigenvalue weighted by Crippen LogP contribution is 2.29. The fourth-order valence-corrected chi connectivity index (χ4v) is 4.75. The lowest BCUT2D eigenvalue weighted by molar-refractivity contribution is 0.323. The minimum Gasteiger partial charge on any atom is -0.491 e. The first-order valence-corrected chi connectivity index (χ1v) is 10.8. The third-order valence-electron chi connectivity index (χ3n) is 4.42. The minimum absolute atomic E-state index is 0.0825. The van der Waals surface area contributed by atoms with Gasteiger partial charge in [-0.2, -0.15) is 0 Å². The summed E-state index contributed by atoms with van der Waals surface area (Å²) in [6, 6.07) is 18.0. The van der Waals surface area contributed by atoms with E-state index in [0.717, 1.165) is 16.9 Å². The number of guanidine groups is 1. The Morgan fingerprint density at radius 1 is 1.15 bits per heavy atom. The number of nitrogens with zero attached hydrogens (tertiary/aromatic N) is 1. The van der Waals surface area contributed by atoms with Gasteiger partial charge in [0.05, 0.1) is 18.1 Å². The maximum atomic E-state index is 11.6. The molecular formula is C20H25N3O3S. The van der Waals surface area contributed by atoms with Crippen LogP contribution in [-0.4, -0.2) is 52.1 Å². The van der Waals surface area contributed by atoms with Crippen molar-refractivity contribution in [1.29, 1.82) is 0 Å². The van der Waals surface area contributed by atoms with Gasteiger partial charge < -0.3 is 15.4 Å². The van der Waals surface area contributed by atoms with Crippen molar-refractivity contribution in [3.8, 4) is 16.9 Å². The molecule has 3 rings (SSSR count). The lowest BCUT2D eigenvalue weighted by atomic mass is 10.1. The van der Waals surface area contributed by atoms with Gasteiger partial charge in [0, 0.05) is 18.7 Å². The smallest absolute Gasteiger partial charge is 0.191 e. The molecule has 1 aliphatic heterocycles. The van der Waals surface area contributed by atoms with Gasteiger partial charge in [0.2, 0.25) is 0 Å². The van der Waals surface area contributed by atoms with Crippen LogP contribution in [0.2, 0.25) is 0 Å². The highest BCUT2D eigenvalue weighted by molar-refractivity contribution is 7.91. The number of para-hydroxylation sites is 1. The van der Waals surface area contributed by atoms with Crippen LogP contribution in [0.3, 0.4) is 0 Å². The minimum atomic E-state index is -2.91. The molecule has 0 saturated carbocycles. The number of sulfone groups is 1. The molecule has 1 aliphatic rings. The Morgan fingerprint density at radius 2 is 1.89 bits per heavy atom. The molecule has 0 bridgehead atoms. The Morgan fingerprint density at radius 3 is 2.59 bits per heavy atom. The summed E-state index contributed by atoms with van der Waals surface area (Å²) in [5.41, 5.74) is 2.16. The zero-order valence-electron chi connectivity index (χ0n) is 15.4. The second kappa shape index (κ2) is 8.90. The van der Waals surface area contributed by atoms with E-state index >= 15 is 0 Å². The predicted octanol–water partition coefficient (Wildman–Crippen LogP) is 2.08. The summed E-state index contributed by atoms with van der Waals surface area (Å²) in [4.78, 5) is 4.15. The van der Waals surface area contributed by atoms with E-state index in [1.165, 1.54) is 0 Å². The molecule has 2 aromatic carbocycles. The summed E-state index contributed by atoms with van der Waals surface area (Å²) in [7, 11) is -1.24. The molecule has 27 heavy (non-hydrogen) atoms. The van der Waals surface area contributed by atoms with Gasteiger partial charge in [0.15, 0.2) is 15.8 Å². The van der Waals surface area contributed by atoms with Gasteiger partial charge in [-0.3, -0.25) is 4.99 Å². The van der Waals surface area contributed by atoms with Gasteiger partial charge in [0.25, 0.3) is 0 Å². The summed E-state index contributed by atoms with van der Waals surface area (Å²) in [5.74, 6) is 1.82. The van der Waals surface area contributed by atoms with Gasteiger partial charge in [-0.25, -0.2) is 8.42 Å². The highest BCUT2D eigenvalue weighted by Gasteiger charge is 2.28. The normalized spacial score (nSPS) is 18.9. The van der Waals surface area contributed by atoms with E-state index in [9.17, 15) is 8.42 Å². The Balaban J connectivity index is 1.50. The molecule has 1 heterocycles. The topological polar surface area (TPSA) is 79.8 Å². The molecule has 0 aliphatic carbocycles. The van der Waals surface area contributed by atoms with Gasteiger partial charge >= 0.3 is 0 Å². The van der Waals surface area contributed by atoms with E-state index in [2.05, 4.69) is 27.8 Å². The molecular weight excluding hydrogens is 362 g/mol. The van der Waals surface area contributed by atoms with E-state index < -0.39 is 9.84 Å². The summed E-state index contributed by atoms with van der Waals surface area (Å²) in [6.07, 6.45) is 0.615. The van der Waals surface area contributed by atoms with Crippen molar-refractivity contribution in [3.63, 3.8) is 0 Å². The maximum Gasteiger partial charge on any atom is 0.191 e. The average molecular weight is 388 g/mol. The Bertz CT molecular complexity index is 882. The van der Waals surface area contributed by atoms with Crippen molar-refractivity contribution < 1.29 is 13.2 Å². The third kappa shape index (κ3) is 5.47. The first-order valence-electron chi connectivity index (χ1n) is 9.02. The van der Waals surface area contributed by atoms with Crippen LogP contribution in [0.25, 0.3) is 11.1 Å². The first kappa shape index (κ1) is 19.2. The number of hydrogen-bond donors (Lipinski definition) is 2. The van der Waals surface area contributed by atoms with Gasteiger partial charge in [-0.1, -0.05) is 48.5 Å². The summed E-state index contributed by atoms with van der Waals surface area (Å²) >= 11 is 0. The molecule has 6 nitrogen and oxygen atoms in total. The van der Waals surface area contributed by atoms with E-state index in [0.29, 0.717) is 25.5 Å². The van der Waals surface area contributed by atoms with Crippen LogP contribution >= 0.6 is 0 Å². The van der Waals surface area contributed by atoms with E-state index in [4.69, 9.17) is 4.74 Å². The van der Waals surface area contributed by atoms with Crippen molar-refractivity contribution in [2.24, 2.45) is 4.99 Å². The molecule has 1 saturated heterocycles. The van der Waals surface area contributed by atoms with Crippen molar-refractivity contribution in [1.82, 2.24) is 10.6 Å². The summed E-state index contributed by atoms with van der Waals surface area (Å²) < 4.78 is 29.1. The van der Waals surface area contributed by atoms with Crippen molar-refractivity contribution in [2.75, 3.05) is 31.7 Å². The Labute approximate surface area is 160 Å². The molecule has 1 atom stereocenters. The van der Waals surface area contributed by atoms with Crippen LogP contribution in [0.15, 0.2) is 59.6 Å². The van der Waals surface area contributed by atoms with E-state index in [1.807, 2.05) is 42.5 Å². The molecule has 1 unspecified atom stereocenters. The van der Waals surface area contributed by atoms with Gasteiger partial charge in [0.1, 0.15) is 12.4 Å². The molecule has 144 valence electrons. The van der Waals surface area contributed by atoms with Crippen LogP contribution in [0.4, 0.5) is 0 Å². The van der Waals surface area contributed by atoms with E-state index in [1.54, 1.807) is 7.05 Å².